The van der Waals surface area contributed by atoms with Gasteiger partial charge in [0.15, 0.2) is 0 Å². The Morgan fingerprint density at radius 1 is 0.982 bits per heavy atom. The van der Waals surface area contributed by atoms with Crippen LogP contribution in [0.2, 0.25) is 5.02 Å². The Morgan fingerprint density at radius 2 is 1.71 bits per heavy atom. The van der Waals surface area contributed by atoms with Gasteiger partial charge in [-0.25, -0.2) is 4.79 Å². The molecule has 5 N–H and O–H groups in total. The zero-order chi connectivity index (χ0) is 39.1. The fraction of sp³-hybridized carbons (Fsp3) is 0.395. The van der Waals surface area contributed by atoms with E-state index in [0.717, 1.165) is 43.9 Å². The molecule has 0 bridgehead atoms. The number of β-amino-alcohol motifs (C(OH)–C–C–N with tert-alkyl or cyclic N) is 1. The Hall–Kier alpha value is -5.42. The van der Waals surface area contributed by atoms with E-state index < -0.39 is 41.4 Å². The quantitative estimate of drug-likeness (QED) is 0.132. The molecule has 2 saturated heterocycles. The van der Waals surface area contributed by atoms with Crippen molar-refractivity contribution in [3.63, 3.8) is 0 Å². The number of nitrogens with one attached hydrogen (secondary N) is 3. The van der Waals surface area contributed by atoms with Crippen LogP contribution < -0.4 is 20.9 Å². The fourth-order valence-corrected chi connectivity index (χ4v) is 6.99. The van der Waals surface area contributed by atoms with Crippen LogP contribution >= 0.6 is 11.6 Å². The summed E-state index contributed by atoms with van der Waals surface area (Å²) < 4.78 is 6.80. The molecule has 2 fully saturated rings. The predicted molar refractivity (Wildman–Crippen MR) is 203 cm³/mol. The molecule has 2 aliphatic heterocycles. The lowest BCUT2D eigenvalue weighted by atomic mass is 9.84. The van der Waals surface area contributed by atoms with E-state index >= 15 is 0 Å². The third-order valence-corrected chi connectivity index (χ3v) is 10.3. The lowest BCUT2D eigenvalue weighted by Crippen LogP contribution is -2.56. The van der Waals surface area contributed by atoms with Crippen LogP contribution in [0.15, 0.2) is 73.1 Å². The number of piperazine rings is 1. The molecule has 2 atom stereocenters. The number of carbonyl (C=O) groups excluding carboxylic acids is 3. The monoisotopic (exact) mass is 773 g/mol. The highest BCUT2D eigenvalue weighted by Gasteiger charge is 2.32. The SMILES string of the molecule is CC(C)(CNC(=O)[C@H](Cc1ccc(N2CCN(C3CCOCC3)C[C@@H]2O)cc1)NC(=O)C(=O)Nc1cc(Cl)ccc1-n1cnnn1)c1ccc(C(=O)O)cc1. The third kappa shape index (κ3) is 9.82. The Kier molecular flexibility index (Phi) is 12.4. The minimum Gasteiger partial charge on any atom is -0.478 e. The molecule has 6 rings (SSSR count). The number of carboxylic acids is 1. The first-order valence-corrected chi connectivity index (χ1v) is 18.4. The number of aromatic carboxylic acids is 1. The van der Waals surface area contributed by atoms with Crippen LogP contribution in [-0.2, 0) is 31.0 Å². The van der Waals surface area contributed by atoms with E-state index in [4.69, 9.17) is 16.3 Å². The average molecular weight is 774 g/mol. The van der Waals surface area contributed by atoms with Gasteiger partial charge in [-0.2, -0.15) is 4.68 Å². The van der Waals surface area contributed by atoms with Crippen molar-refractivity contribution < 1.29 is 34.1 Å². The summed E-state index contributed by atoms with van der Waals surface area (Å²) >= 11 is 6.19. The fourth-order valence-electron chi connectivity index (χ4n) is 6.82. The largest absolute Gasteiger partial charge is 0.478 e. The van der Waals surface area contributed by atoms with E-state index in [1.54, 1.807) is 24.3 Å². The van der Waals surface area contributed by atoms with Gasteiger partial charge in [0, 0.05) is 68.0 Å². The number of halogens is 1. The number of tetrazole rings is 1. The summed E-state index contributed by atoms with van der Waals surface area (Å²) in [7, 11) is 0. The number of carbonyl (C=O) groups is 4. The van der Waals surface area contributed by atoms with Gasteiger partial charge in [0.05, 0.1) is 16.9 Å². The highest BCUT2D eigenvalue weighted by Crippen LogP contribution is 2.26. The van der Waals surface area contributed by atoms with Gasteiger partial charge in [-0.15, -0.1) is 5.10 Å². The van der Waals surface area contributed by atoms with Gasteiger partial charge in [-0.3, -0.25) is 19.3 Å². The van der Waals surface area contributed by atoms with Gasteiger partial charge in [0.2, 0.25) is 5.91 Å². The van der Waals surface area contributed by atoms with Crippen LogP contribution in [0.25, 0.3) is 5.69 Å². The molecule has 4 aromatic rings. The maximum absolute atomic E-state index is 13.8. The van der Waals surface area contributed by atoms with Crippen molar-refractivity contribution in [2.24, 2.45) is 0 Å². The molecule has 55 heavy (non-hydrogen) atoms. The van der Waals surface area contributed by atoms with E-state index in [0.29, 0.717) is 35.4 Å². The molecule has 0 radical (unpaired) electrons. The number of carboxylic acid groups (broad SMARTS) is 1. The number of aliphatic hydroxyl groups is 1. The van der Waals surface area contributed by atoms with Crippen molar-refractivity contribution in [3.05, 3.63) is 94.8 Å². The number of hydrogen-bond donors (Lipinski definition) is 5. The second-order valence-electron chi connectivity index (χ2n) is 14.3. The first-order chi connectivity index (χ1) is 26.4. The van der Waals surface area contributed by atoms with Crippen LogP contribution in [0.3, 0.4) is 0 Å². The Bertz CT molecular complexity index is 1970. The molecule has 1 aromatic heterocycles. The van der Waals surface area contributed by atoms with Crippen LogP contribution in [-0.4, -0.2) is 117 Å². The molecule has 0 unspecified atom stereocenters. The van der Waals surface area contributed by atoms with E-state index in [-0.39, 0.29) is 24.2 Å². The van der Waals surface area contributed by atoms with E-state index in [9.17, 15) is 29.4 Å². The van der Waals surface area contributed by atoms with Gasteiger partial charge < -0.3 is 35.8 Å². The van der Waals surface area contributed by atoms with Gasteiger partial charge >= 0.3 is 17.8 Å². The summed E-state index contributed by atoms with van der Waals surface area (Å²) in [6.07, 6.45) is 2.58. The smallest absolute Gasteiger partial charge is 0.335 e. The van der Waals surface area contributed by atoms with E-state index in [1.165, 1.54) is 29.2 Å². The number of aromatic nitrogens is 4. The molecule has 290 valence electrons. The molecule has 2 aliphatic rings. The van der Waals surface area contributed by atoms with Crippen molar-refractivity contribution in [2.75, 3.05) is 49.6 Å². The number of nitrogens with zero attached hydrogens (tertiary/aromatic N) is 6. The highest BCUT2D eigenvalue weighted by atomic mass is 35.5. The minimum atomic E-state index is -1.17. The summed E-state index contributed by atoms with van der Waals surface area (Å²) in [5.74, 6) is -3.68. The second kappa shape index (κ2) is 17.4. The zero-order valence-corrected chi connectivity index (χ0v) is 31.3. The summed E-state index contributed by atoms with van der Waals surface area (Å²) in [6, 6.07) is 17.6. The third-order valence-electron chi connectivity index (χ3n) is 10.0. The number of rotatable bonds is 12. The van der Waals surface area contributed by atoms with Crippen LogP contribution in [0.1, 0.15) is 48.2 Å². The van der Waals surface area contributed by atoms with Gasteiger partial charge in [-0.1, -0.05) is 49.7 Å². The van der Waals surface area contributed by atoms with Crippen LogP contribution in [0.4, 0.5) is 11.4 Å². The number of hydrogen-bond acceptors (Lipinski definition) is 11. The first kappa shape index (κ1) is 39.3. The predicted octanol–water partition coefficient (Wildman–Crippen LogP) is 2.39. The van der Waals surface area contributed by atoms with Crippen LogP contribution in [0, 0.1) is 0 Å². The number of aliphatic hydroxyl groups excluding tert-OH is 1. The number of benzene rings is 3. The highest BCUT2D eigenvalue weighted by molar-refractivity contribution is 6.40. The van der Waals surface area contributed by atoms with Crippen molar-refractivity contribution in [2.45, 2.75) is 56.8 Å². The first-order valence-electron chi connectivity index (χ1n) is 18.0. The summed E-state index contributed by atoms with van der Waals surface area (Å²) in [6.45, 7) is 7.38. The maximum Gasteiger partial charge on any atom is 0.335 e. The van der Waals surface area contributed by atoms with Crippen molar-refractivity contribution in [3.8, 4) is 5.69 Å². The molecular formula is C38H44ClN9O7. The lowest BCUT2D eigenvalue weighted by molar-refractivity contribution is -0.138. The lowest BCUT2D eigenvalue weighted by Gasteiger charge is -2.44. The molecule has 16 nitrogen and oxygen atoms in total. The van der Waals surface area contributed by atoms with Crippen molar-refractivity contribution in [1.29, 1.82) is 0 Å². The maximum atomic E-state index is 13.8. The Labute approximate surface area is 322 Å². The summed E-state index contributed by atoms with van der Waals surface area (Å²) in [5.41, 5.74) is 2.38. The van der Waals surface area contributed by atoms with E-state index in [2.05, 4.69) is 36.4 Å². The molecule has 0 saturated carbocycles. The number of amides is 3. The molecule has 3 amide bonds. The topological polar surface area (TPSA) is 204 Å². The normalized spacial score (nSPS) is 17.3. The minimum absolute atomic E-state index is 0.0476. The van der Waals surface area contributed by atoms with Crippen LogP contribution in [0.5, 0.6) is 0 Å². The molecule has 3 aromatic carbocycles. The summed E-state index contributed by atoms with van der Waals surface area (Å²) in [5, 5.41) is 39.8. The number of anilines is 2. The molecule has 3 heterocycles. The van der Waals surface area contributed by atoms with Gasteiger partial charge in [0.25, 0.3) is 0 Å². The average Bonchev–Trinajstić information content (AvgIpc) is 3.72. The molecule has 17 heteroatoms. The van der Waals surface area contributed by atoms with Crippen molar-refractivity contribution >= 4 is 46.7 Å². The molecule has 0 spiro atoms. The molecule has 0 aliphatic carbocycles. The standard InChI is InChI=1S/C38H44ClN9O7/c1-38(2,26-7-5-25(6-8-26)37(53)54)22-40-34(50)31(43-36(52)35(51)42-30-20-27(39)9-12-32(30)48-23-41-44-45-48)19-24-3-10-29(11-4-24)47-16-15-46(21-33(47)49)28-13-17-55-18-14-28/h3-12,20,23,28,31,33,49H,13-19,21-22H2,1-2H3,(H,40,50)(H,42,51)(H,43,52)(H,53,54)/t31-,33-/m0/s1. The Morgan fingerprint density at radius 3 is 2.36 bits per heavy atom. The molecular weight excluding hydrogens is 730 g/mol. The number of ether oxygens (including phenoxy) is 1. The van der Waals surface area contributed by atoms with Gasteiger partial charge in [0.1, 0.15) is 18.6 Å². The summed E-state index contributed by atoms with van der Waals surface area (Å²) in [4.78, 5) is 56.1. The van der Waals surface area contributed by atoms with Crippen molar-refractivity contribution in [1.82, 2.24) is 35.7 Å². The second-order valence-corrected chi connectivity index (χ2v) is 14.7. The van der Waals surface area contributed by atoms with E-state index in [1.807, 2.05) is 43.0 Å². The van der Waals surface area contributed by atoms with Gasteiger partial charge in [-0.05, 0) is 76.9 Å². The Balaban J connectivity index is 1.15. The zero-order valence-electron chi connectivity index (χ0n) is 30.5.